The maximum Gasteiger partial charge on any atom is 0.129 e. The fourth-order valence-electron chi connectivity index (χ4n) is 3.42. The van der Waals surface area contributed by atoms with Crippen LogP contribution < -0.4 is 4.74 Å². The molecule has 27 heavy (non-hydrogen) atoms. The van der Waals surface area contributed by atoms with Gasteiger partial charge in [0, 0.05) is 0 Å². The van der Waals surface area contributed by atoms with E-state index in [4.69, 9.17) is 4.74 Å². The van der Waals surface area contributed by atoms with E-state index in [1.165, 1.54) is 82.6 Å². The van der Waals surface area contributed by atoms with Crippen LogP contribution in [0.3, 0.4) is 0 Å². The van der Waals surface area contributed by atoms with Crippen LogP contribution in [0.4, 0.5) is 0 Å². The predicted molar refractivity (Wildman–Crippen MR) is 120 cm³/mol. The third kappa shape index (κ3) is 12.7. The number of hydrogen-bond donors (Lipinski definition) is 0. The fraction of sp³-hybridized carbons (Fsp3) is 0.692. The number of para-hydroxylation sites is 1. The zero-order valence-electron chi connectivity index (χ0n) is 18.3. The number of ether oxygens (including phenoxy) is 1. The molecule has 1 rings (SSSR count). The molecule has 154 valence electrons. The van der Waals surface area contributed by atoms with Crippen molar-refractivity contribution in [2.45, 2.75) is 111 Å². The summed E-state index contributed by atoms with van der Waals surface area (Å²) < 4.78 is 5.93. The summed E-state index contributed by atoms with van der Waals surface area (Å²) >= 11 is 0. The SMILES string of the molecule is CCCCCCCCCC=COc1ccccc1CCCCCC(C)CC. The van der Waals surface area contributed by atoms with Gasteiger partial charge in [-0.1, -0.05) is 103 Å². The Kier molecular flexibility index (Phi) is 14.9. The molecule has 0 amide bonds. The molecule has 0 aliphatic rings. The number of allylic oxidation sites excluding steroid dienone is 1. The summed E-state index contributed by atoms with van der Waals surface area (Å²) in [7, 11) is 0. The Morgan fingerprint density at radius 1 is 0.852 bits per heavy atom. The molecule has 0 heterocycles. The quantitative estimate of drug-likeness (QED) is 0.196. The molecule has 1 unspecified atom stereocenters. The monoisotopic (exact) mass is 372 g/mol. The average molecular weight is 373 g/mol. The third-order valence-electron chi connectivity index (χ3n) is 5.58. The van der Waals surface area contributed by atoms with Gasteiger partial charge >= 0.3 is 0 Å². The lowest BCUT2D eigenvalue weighted by Gasteiger charge is -2.10. The second-order valence-corrected chi connectivity index (χ2v) is 8.12. The molecule has 0 aliphatic heterocycles. The summed E-state index contributed by atoms with van der Waals surface area (Å²) in [6.07, 6.45) is 22.5. The van der Waals surface area contributed by atoms with Crippen molar-refractivity contribution >= 4 is 0 Å². The zero-order valence-corrected chi connectivity index (χ0v) is 18.3. The molecule has 0 aromatic heterocycles. The standard InChI is InChI=1S/C26H44O/c1-4-6-7-8-9-10-11-12-18-23-27-26-22-17-16-21-25(26)20-15-13-14-19-24(3)5-2/h16-18,21-24H,4-15,19-20H2,1-3H3. The van der Waals surface area contributed by atoms with Gasteiger partial charge in [0.25, 0.3) is 0 Å². The van der Waals surface area contributed by atoms with Crippen molar-refractivity contribution in [3.8, 4) is 5.75 Å². The molecule has 1 heteroatoms. The van der Waals surface area contributed by atoms with Gasteiger partial charge in [-0.15, -0.1) is 0 Å². The van der Waals surface area contributed by atoms with Crippen LogP contribution in [0.5, 0.6) is 5.75 Å². The highest BCUT2D eigenvalue weighted by Gasteiger charge is 2.03. The van der Waals surface area contributed by atoms with E-state index in [2.05, 4.69) is 51.1 Å². The number of rotatable bonds is 17. The number of hydrogen-bond acceptors (Lipinski definition) is 1. The van der Waals surface area contributed by atoms with Crippen LogP contribution in [0.2, 0.25) is 0 Å². The van der Waals surface area contributed by atoms with Gasteiger partial charge in [-0.25, -0.2) is 0 Å². The Morgan fingerprint density at radius 3 is 2.33 bits per heavy atom. The highest BCUT2D eigenvalue weighted by molar-refractivity contribution is 5.33. The fourth-order valence-corrected chi connectivity index (χ4v) is 3.42. The molecule has 1 nitrogen and oxygen atoms in total. The molecule has 0 radical (unpaired) electrons. The van der Waals surface area contributed by atoms with Crippen LogP contribution in [-0.4, -0.2) is 0 Å². The molecular formula is C26H44O. The number of aryl methyl sites for hydroxylation is 1. The van der Waals surface area contributed by atoms with Crippen molar-refractivity contribution in [1.29, 1.82) is 0 Å². The summed E-state index contributed by atoms with van der Waals surface area (Å²) in [5.41, 5.74) is 1.35. The second-order valence-electron chi connectivity index (χ2n) is 8.12. The highest BCUT2D eigenvalue weighted by atomic mass is 16.5. The smallest absolute Gasteiger partial charge is 0.129 e. The maximum atomic E-state index is 5.93. The molecule has 0 saturated heterocycles. The van der Waals surface area contributed by atoms with E-state index in [9.17, 15) is 0 Å². The lowest BCUT2D eigenvalue weighted by Crippen LogP contribution is -1.94. The number of benzene rings is 1. The van der Waals surface area contributed by atoms with Crippen molar-refractivity contribution in [1.82, 2.24) is 0 Å². The van der Waals surface area contributed by atoms with Gasteiger partial charge in [0.05, 0.1) is 6.26 Å². The van der Waals surface area contributed by atoms with Crippen LogP contribution in [0.1, 0.15) is 110 Å². The molecule has 0 spiro atoms. The minimum Gasteiger partial charge on any atom is -0.465 e. The van der Waals surface area contributed by atoms with E-state index in [0.29, 0.717) is 0 Å². The third-order valence-corrected chi connectivity index (χ3v) is 5.58. The first kappa shape index (κ1) is 23.8. The van der Waals surface area contributed by atoms with Gasteiger partial charge in [0.2, 0.25) is 0 Å². The summed E-state index contributed by atoms with van der Waals surface area (Å²) in [5.74, 6) is 1.91. The molecular weight excluding hydrogens is 328 g/mol. The lowest BCUT2D eigenvalue weighted by molar-refractivity contribution is 0.463. The van der Waals surface area contributed by atoms with Crippen LogP contribution in [0.25, 0.3) is 0 Å². The van der Waals surface area contributed by atoms with Crippen molar-refractivity contribution in [2.75, 3.05) is 0 Å². The van der Waals surface area contributed by atoms with Gasteiger partial charge < -0.3 is 4.74 Å². The Morgan fingerprint density at radius 2 is 1.56 bits per heavy atom. The van der Waals surface area contributed by atoms with Gasteiger partial charge in [-0.05, 0) is 49.3 Å². The molecule has 1 atom stereocenters. The van der Waals surface area contributed by atoms with Crippen LogP contribution in [-0.2, 0) is 6.42 Å². The van der Waals surface area contributed by atoms with Crippen molar-refractivity contribution in [2.24, 2.45) is 5.92 Å². The van der Waals surface area contributed by atoms with E-state index >= 15 is 0 Å². The predicted octanol–water partition coefficient (Wildman–Crippen LogP) is 8.87. The van der Waals surface area contributed by atoms with E-state index in [1.807, 2.05) is 6.26 Å². The van der Waals surface area contributed by atoms with Crippen molar-refractivity contribution in [3.63, 3.8) is 0 Å². The summed E-state index contributed by atoms with van der Waals surface area (Å²) in [6.45, 7) is 6.93. The first-order chi connectivity index (χ1) is 13.3. The van der Waals surface area contributed by atoms with Crippen molar-refractivity contribution in [3.05, 3.63) is 42.2 Å². The molecule has 0 aliphatic carbocycles. The van der Waals surface area contributed by atoms with E-state index in [-0.39, 0.29) is 0 Å². The first-order valence-corrected chi connectivity index (χ1v) is 11.7. The minimum absolute atomic E-state index is 0.877. The molecule has 0 fully saturated rings. The van der Waals surface area contributed by atoms with E-state index < -0.39 is 0 Å². The van der Waals surface area contributed by atoms with Gasteiger partial charge in [-0.2, -0.15) is 0 Å². The molecule has 1 aromatic carbocycles. The largest absolute Gasteiger partial charge is 0.465 e. The topological polar surface area (TPSA) is 9.23 Å². The maximum absolute atomic E-state index is 5.93. The molecule has 1 aromatic rings. The second kappa shape index (κ2) is 16.9. The van der Waals surface area contributed by atoms with Crippen LogP contribution >= 0.6 is 0 Å². The molecule has 0 bridgehead atoms. The molecule has 0 saturated carbocycles. The zero-order chi connectivity index (χ0) is 19.6. The van der Waals surface area contributed by atoms with Gasteiger partial charge in [0.1, 0.15) is 5.75 Å². The minimum atomic E-state index is 0.877. The van der Waals surface area contributed by atoms with Gasteiger partial charge in [-0.3, -0.25) is 0 Å². The first-order valence-electron chi connectivity index (χ1n) is 11.7. The van der Waals surface area contributed by atoms with Crippen LogP contribution in [0.15, 0.2) is 36.6 Å². The Bertz CT molecular complexity index is 477. The van der Waals surface area contributed by atoms with Crippen molar-refractivity contribution < 1.29 is 4.74 Å². The Balaban J connectivity index is 2.17. The summed E-state index contributed by atoms with van der Waals surface area (Å²) in [4.78, 5) is 0. The average Bonchev–Trinajstić information content (AvgIpc) is 2.69. The Hall–Kier alpha value is -1.24. The van der Waals surface area contributed by atoms with E-state index in [0.717, 1.165) is 24.5 Å². The van der Waals surface area contributed by atoms with E-state index in [1.54, 1.807) is 0 Å². The Labute approximate surface area is 169 Å². The van der Waals surface area contributed by atoms with Gasteiger partial charge in [0.15, 0.2) is 0 Å². The summed E-state index contributed by atoms with van der Waals surface area (Å²) in [6, 6.07) is 8.52. The highest BCUT2D eigenvalue weighted by Crippen LogP contribution is 2.22. The normalized spacial score (nSPS) is 12.6. The van der Waals surface area contributed by atoms with Crippen LogP contribution in [0, 0.1) is 5.92 Å². The number of unbranched alkanes of at least 4 members (excludes halogenated alkanes) is 9. The summed E-state index contributed by atoms with van der Waals surface area (Å²) in [5, 5.41) is 0. The lowest BCUT2D eigenvalue weighted by atomic mass is 9.99. The molecule has 0 N–H and O–H groups in total.